The lowest BCUT2D eigenvalue weighted by Gasteiger charge is -2.11. The van der Waals surface area contributed by atoms with E-state index in [-0.39, 0.29) is 11.7 Å². The summed E-state index contributed by atoms with van der Waals surface area (Å²) >= 11 is 0. The van der Waals surface area contributed by atoms with Crippen LogP contribution in [0.3, 0.4) is 0 Å². The highest BCUT2D eigenvalue weighted by atomic mass is 16.5. The maximum atomic E-state index is 11.9. The molecule has 0 aliphatic carbocycles. The summed E-state index contributed by atoms with van der Waals surface area (Å²) in [5.74, 6) is -0.134. The number of rotatable bonds is 14. The summed E-state index contributed by atoms with van der Waals surface area (Å²) in [7, 11) is 0. The van der Waals surface area contributed by atoms with E-state index in [0.717, 1.165) is 18.4 Å². The molecule has 3 N–H and O–H groups in total. The molecule has 4 nitrogen and oxygen atoms in total. The molecule has 0 aromatic heterocycles. The van der Waals surface area contributed by atoms with Crippen molar-refractivity contribution in [2.24, 2.45) is 5.73 Å². The van der Waals surface area contributed by atoms with Crippen molar-refractivity contribution in [3.8, 4) is 5.75 Å². The predicted octanol–water partition coefficient (Wildman–Crippen LogP) is 4.73. The molecule has 0 amide bonds. The molecule has 0 aliphatic heterocycles. The summed E-state index contributed by atoms with van der Waals surface area (Å²) in [5.41, 5.74) is 6.80. The fourth-order valence-corrected chi connectivity index (χ4v) is 2.84. The summed E-state index contributed by atoms with van der Waals surface area (Å²) in [6.45, 7) is 2.70. The van der Waals surface area contributed by atoms with Crippen LogP contribution < -0.4 is 5.73 Å². The Morgan fingerprint density at radius 1 is 0.960 bits per heavy atom. The van der Waals surface area contributed by atoms with Crippen LogP contribution in [0.15, 0.2) is 24.3 Å². The third-order valence-electron chi connectivity index (χ3n) is 4.44. The molecule has 0 fully saturated rings. The van der Waals surface area contributed by atoms with E-state index in [1.165, 1.54) is 51.4 Å². The number of phenols is 1. The molecule has 1 atom stereocenters. The van der Waals surface area contributed by atoms with Crippen LogP contribution in [0.2, 0.25) is 0 Å². The smallest absolute Gasteiger partial charge is 0.323 e. The van der Waals surface area contributed by atoms with Crippen LogP contribution in [0.5, 0.6) is 5.75 Å². The molecule has 142 valence electrons. The van der Waals surface area contributed by atoms with Gasteiger partial charge in [-0.1, -0.05) is 76.8 Å². The second-order valence-corrected chi connectivity index (χ2v) is 6.83. The van der Waals surface area contributed by atoms with Gasteiger partial charge in [-0.15, -0.1) is 0 Å². The zero-order chi connectivity index (χ0) is 18.3. The molecule has 0 saturated carbocycles. The topological polar surface area (TPSA) is 72.5 Å². The van der Waals surface area contributed by atoms with Gasteiger partial charge in [0.2, 0.25) is 0 Å². The van der Waals surface area contributed by atoms with Crippen molar-refractivity contribution in [2.75, 3.05) is 6.61 Å². The molecule has 0 saturated heterocycles. The molecular formula is C21H35NO3. The Hall–Kier alpha value is -1.55. The number of carbonyl (C=O) groups excluding carboxylic acids is 1. The van der Waals surface area contributed by atoms with Gasteiger partial charge in [-0.25, -0.2) is 0 Å². The van der Waals surface area contributed by atoms with Gasteiger partial charge in [0, 0.05) is 0 Å². The minimum absolute atomic E-state index is 0.209. The number of carbonyl (C=O) groups is 1. The Morgan fingerprint density at radius 3 is 2.04 bits per heavy atom. The first kappa shape index (κ1) is 21.5. The highest BCUT2D eigenvalue weighted by molar-refractivity contribution is 5.75. The second kappa shape index (κ2) is 13.7. The van der Waals surface area contributed by atoms with Gasteiger partial charge in [0.25, 0.3) is 0 Å². The van der Waals surface area contributed by atoms with Crippen LogP contribution in [0, 0.1) is 0 Å². The third kappa shape index (κ3) is 10.8. The first-order valence-electron chi connectivity index (χ1n) is 9.83. The van der Waals surface area contributed by atoms with Gasteiger partial charge < -0.3 is 15.6 Å². The Kier molecular flexibility index (Phi) is 11.8. The Bertz CT molecular complexity index is 459. The van der Waals surface area contributed by atoms with Crippen LogP contribution in [0.1, 0.15) is 76.7 Å². The lowest BCUT2D eigenvalue weighted by Crippen LogP contribution is -2.34. The summed E-state index contributed by atoms with van der Waals surface area (Å²) in [6, 6.07) is 6.08. The van der Waals surface area contributed by atoms with Gasteiger partial charge in [0.1, 0.15) is 11.8 Å². The van der Waals surface area contributed by atoms with Crippen molar-refractivity contribution in [1.82, 2.24) is 0 Å². The summed E-state index contributed by atoms with van der Waals surface area (Å²) in [6.07, 6.45) is 13.0. The number of benzene rings is 1. The average molecular weight is 350 g/mol. The molecule has 25 heavy (non-hydrogen) atoms. The largest absolute Gasteiger partial charge is 0.508 e. The summed E-state index contributed by atoms with van der Waals surface area (Å²) in [5, 5.41) is 9.25. The molecule has 4 heteroatoms. The van der Waals surface area contributed by atoms with Crippen molar-refractivity contribution in [2.45, 2.75) is 83.6 Å². The number of hydrogen-bond acceptors (Lipinski definition) is 4. The monoisotopic (exact) mass is 349 g/mol. The zero-order valence-electron chi connectivity index (χ0n) is 15.7. The van der Waals surface area contributed by atoms with E-state index in [2.05, 4.69) is 6.92 Å². The number of phenolic OH excluding ortho intramolecular Hbond substituents is 1. The number of aromatic hydroxyl groups is 1. The standard InChI is InChI=1S/C21H35NO3/c1-2-3-4-5-6-7-8-9-10-11-16-25-21(24)20(22)17-18-12-14-19(23)15-13-18/h12-15,20,23H,2-11,16-17,22H2,1H3. The molecule has 1 aromatic rings. The van der Waals surface area contributed by atoms with Gasteiger partial charge >= 0.3 is 5.97 Å². The van der Waals surface area contributed by atoms with E-state index in [1.54, 1.807) is 24.3 Å². The maximum Gasteiger partial charge on any atom is 0.323 e. The van der Waals surface area contributed by atoms with E-state index >= 15 is 0 Å². The van der Waals surface area contributed by atoms with Gasteiger partial charge in [-0.05, 0) is 30.5 Å². The van der Waals surface area contributed by atoms with Crippen molar-refractivity contribution in [1.29, 1.82) is 0 Å². The Labute approximate surface area is 152 Å². The number of nitrogens with two attached hydrogens (primary N) is 1. The van der Waals surface area contributed by atoms with Crippen LogP contribution in [-0.2, 0) is 16.0 Å². The molecule has 0 heterocycles. The second-order valence-electron chi connectivity index (χ2n) is 6.83. The average Bonchev–Trinajstić information content (AvgIpc) is 2.61. The normalized spacial score (nSPS) is 12.1. The number of esters is 1. The summed E-state index contributed by atoms with van der Waals surface area (Å²) in [4.78, 5) is 11.9. The van der Waals surface area contributed by atoms with E-state index in [9.17, 15) is 9.90 Å². The van der Waals surface area contributed by atoms with E-state index in [0.29, 0.717) is 13.0 Å². The minimum Gasteiger partial charge on any atom is -0.508 e. The molecule has 0 spiro atoms. The van der Waals surface area contributed by atoms with Crippen molar-refractivity contribution in [3.05, 3.63) is 29.8 Å². The highest BCUT2D eigenvalue weighted by Crippen LogP contribution is 2.12. The molecule has 0 bridgehead atoms. The number of ether oxygens (including phenoxy) is 1. The van der Waals surface area contributed by atoms with Crippen molar-refractivity contribution >= 4 is 5.97 Å². The van der Waals surface area contributed by atoms with E-state index in [4.69, 9.17) is 10.5 Å². The lowest BCUT2D eigenvalue weighted by molar-refractivity contribution is -0.145. The molecular weight excluding hydrogens is 314 g/mol. The predicted molar refractivity (Wildman–Crippen MR) is 103 cm³/mol. The highest BCUT2D eigenvalue weighted by Gasteiger charge is 2.15. The molecule has 1 rings (SSSR count). The maximum absolute atomic E-state index is 11.9. The van der Waals surface area contributed by atoms with Gasteiger partial charge in [-0.3, -0.25) is 4.79 Å². The van der Waals surface area contributed by atoms with Crippen molar-refractivity contribution < 1.29 is 14.6 Å². The molecule has 0 radical (unpaired) electrons. The molecule has 0 aliphatic rings. The van der Waals surface area contributed by atoms with E-state index < -0.39 is 6.04 Å². The quantitative estimate of drug-likeness (QED) is 0.376. The number of hydrogen-bond donors (Lipinski definition) is 2. The van der Waals surface area contributed by atoms with E-state index in [1.807, 2.05) is 0 Å². The van der Waals surface area contributed by atoms with Gasteiger partial charge in [0.05, 0.1) is 6.61 Å². The summed E-state index contributed by atoms with van der Waals surface area (Å²) < 4.78 is 5.26. The first-order chi connectivity index (χ1) is 12.1. The third-order valence-corrected chi connectivity index (χ3v) is 4.44. The Balaban J connectivity index is 1.98. The van der Waals surface area contributed by atoms with Crippen LogP contribution in [0.25, 0.3) is 0 Å². The fraction of sp³-hybridized carbons (Fsp3) is 0.667. The van der Waals surface area contributed by atoms with Crippen molar-refractivity contribution in [3.63, 3.8) is 0 Å². The Morgan fingerprint density at radius 2 is 1.48 bits per heavy atom. The minimum atomic E-state index is -0.646. The zero-order valence-corrected chi connectivity index (χ0v) is 15.7. The molecule has 1 aromatic carbocycles. The van der Waals surface area contributed by atoms with Crippen LogP contribution in [0.4, 0.5) is 0 Å². The first-order valence-corrected chi connectivity index (χ1v) is 9.83. The van der Waals surface area contributed by atoms with Gasteiger partial charge in [0.15, 0.2) is 0 Å². The SMILES string of the molecule is CCCCCCCCCCCCOC(=O)C(N)Cc1ccc(O)cc1. The van der Waals surface area contributed by atoms with Crippen LogP contribution in [-0.4, -0.2) is 23.7 Å². The van der Waals surface area contributed by atoms with Gasteiger partial charge in [-0.2, -0.15) is 0 Å². The number of unbranched alkanes of at least 4 members (excludes halogenated alkanes) is 9. The lowest BCUT2D eigenvalue weighted by atomic mass is 10.1. The fourth-order valence-electron chi connectivity index (χ4n) is 2.84. The molecule has 1 unspecified atom stereocenters. The van der Waals surface area contributed by atoms with Crippen LogP contribution >= 0.6 is 0 Å².